The maximum atomic E-state index is 12.0. The third-order valence-corrected chi connectivity index (χ3v) is 4.73. The first-order chi connectivity index (χ1) is 10.4. The van der Waals surface area contributed by atoms with Crippen molar-refractivity contribution in [1.82, 2.24) is 9.71 Å². The summed E-state index contributed by atoms with van der Waals surface area (Å²) in [6.45, 7) is 1.83. The molecule has 2 rings (SSSR count). The predicted molar refractivity (Wildman–Crippen MR) is 82.4 cm³/mol. The standard InChI is InChI=1S/C14H11N3O3S2/c1-10-16-12(9-21-10)4-7-14(18)17-22(19,20)13-5-2-11(8-15)3-6-13/h2-7,9H,1H3,(H,17,18)/b7-4+. The number of aromatic nitrogens is 1. The Bertz CT molecular complexity index is 859. The summed E-state index contributed by atoms with van der Waals surface area (Å²) in [5.74, 6) is -0.769. The highest BCUT2D eigenvalue weighted by atomic mass is 32.2. The summed E-state index contributed by atoms with van der Waals surface area (Å²) < 4.78 is 25.9. The second kappa shape index (κ2) is 6.51. The third kappa shape index (κ3) is 4.00. The molecule has 0 aliphatic heterocycles. The molecule has 1 heterocycles. The largest absolute Gasteiger partial charge is 0.269 e. The van der Waals surface area contributed by atoms with Crippen LogP contribution < -0.4 is 4.72 Å². The maximum absolute atomic E-state index is 12.0. The van der Waals surface area contributed by atoms with Crippen molar-refractivity contribution in [3.05, 3.63) is 52.0 Å². The molecule has 1 amide bonds. The van der Waals surface area contributed by atoms with Gasteiger partial charge in [0, 0.05) is 11.5 Å². The molecular weight excluding hydrogens is 322 g/mol. The summed E-state index contributed by atoms with van der Waals surface area (Å²) in [7, 11) is -3.96. The van der Waals surface area contributed by atoms with E-state index in [9.17, 15) is 13.2 Å². The summed E-state index contributed by atoms with van der Waals surface area (Å²) in [5.41, 5.74) is 0.928. The number of hydrogen-bond donors (Lipinski definition) is 1. The van der Waals surface area contributed by atoms with Crippen molar-refractivity contribution in [3.63, 3.8) is 0 Å². The number of sulfonamides is 1. The van der Waals surface area contributed by atoms with E-state index in [1.54, 1.807) is 5.38 Å². The molecule has 0 aliphatic rings. The van der Waals surface area contributed by atoms with Gasteiger partial charge < -0.3 is 0 Å². The number of aryl methyl sites for hydroxylation is 1. The fourth-order valence-electron chi connectivity index (χ4n) is 1.55. The summed E-state index contributed by atoms with van der Waals surface area (Å²) in [4.78, 5) is 15.7. The van der Waals surface area contributed by atoms with Gasteiger partial charge in [0.05, 0.1) is 27.2 Å². The van der Waals surface area contributed by atoms with Crippen molar-refractivity contribution < 1.29 is 13.2 Å². The Balaban J connectivity index is 2.09. The number of rotatable bonds is 4. The van der Waals surface area contributed by atoms with Gasteiger partial charge >= 0.3 is 0 Å². The molecule has 6 nitrogen and oxygen atoms in total. The highest BCUT2D eigenvalue weighted by molar-refractivity contribution is 7.90. The minimum atomic E-state index is -3.96. The van der Waals surface area contributed by atoms with Crippen molar-refractivity contribution in [3.8, 4) is 6.07 Å². The van der Waals surface area contributed by atoms with Crippen LogP contribution in [0.4, 0.5) is 0 Å². The molecule has 0 spiro atoms. The second-order valence-electron chi connectivity index (χ2n) is 4.23. The Labute approximate surface area is 131 Å². The van der Waals surface area contributed by atoms with Gasteiger partial charge in [0.25, 0.3) is 15.9 Å². The van der Waals surface area contributed by atoms with Crippen molar-refractivity contribution in [2.45, 2.75) is 11.8 Å². The first-order valence-electron chi connectivity index (χ1n) is 6.08. The second-order valence-corrected chi connectivity index (χ2v) is 6.98. The number of hydrogen-bond acceptors (Lipinski definition) is 6. The summed E-state index contributed by atoms with van der Waals surface area (Å²) in [6, 6.07) is 7.15. The third-order valence-electron chi connectivity index (χ3n) is 2.57. The first-order valence-corrected chi connectivity index (χ1v) is 8.44. The van der Waals surface area contributed by atoms with E-state index in [1.807, 2.05) is 17.7 Å². The number of amides is 1. The van der Waals surface area contributed by atoms with Crippen molar-refractivity contribution in [1.29, 1.82) is 5.26 Å². The number of thiazole rings is 1. The number of nitrogens with zero attached hydrogens (tertiary/aromatic N) is 2. The molecule has 1 aromatic heterocycles. The van der Waals surface area contributed by atoms with Gasteiger partial charge in [0.1, 0.15) is 0 Å². The predicted octanol–water partition coefficient (Wildman–Crippen LogP) is 1.84. The molecule has 112 valence electrons. The molecule has 8 heteroatoms. The molecule has 0 fully saturated rings. The van der Waals surface area contributed by atoms with E-state index in [-0.39, 0.29) is 4.90 Å². The molecule has 0 aliphatic carbocycles. The van der Waals surface area contributed by atoms with E-state index >= 15 is 0 Å². The molecule has 0 bridgehead atoms. The summed E-state index contributed by atoms with van der Waals surface area (Å²) >= 11 is 1.43. The van der Waals surface area contributed by atoms with Gasteiger partial charge in [0.2, 0.25) is 0 Å². The molecule has 1 aromatic carbocycles. The van der Waals surface area contributed by atoms with Crippen LogP contribution in [-0.2, 0) is 14.8 Å². The molecule has 1 N–H and O–H groups in total. The first kappa shape index (κ1) is 15.9. The van der Waals surface area contributed by atoms with Crippen LogP contribution in [-0.4, -0.2) is 19.3 Å². The van der Waals surface area contributed by atoms with Gasteiger partial charge in [-0.15, -0.1) is 11.3 Å². The lowest BCUT2D eigenvalue weighted by molar-refractivity contribution is -0.114. The Hall–Kier alpha value is -2.50. The number of nitriles is 1. The molecule has 0 saturated carbocycles. The van der Waals surface area contributed by atoms with Gasteiger partial charge in [0.15, 0.2) is 0 Å². The van der Waals surface area contributed by atoms with Gasteiger partial charge in [-0.1, -0.05) is 0 Å². The van der Waals surface area contributed by atoms with E-state index < -0.39 is 15.9 Å². The van der Waals surface area contributed by atoms with Crippen LogP contribution >= 0.6 is 11.3 Å². The van der Waals surface area contributed by atoms with Gasteiger partial charge in [-0.05, 0) is 37.3 Å². The van der Waals surface area contributed by atoms with E-state index in [0.29, 0.717) is 11.3 Å². The molecule has 0 atom stereocenters. The van der Waals surface area contributed by atoms with Crippen LogP contribution in [0.1, 0.15) is 16.3 Å². The molecule has 0 radical (unpaired) electrons. The number of benzene rings is 1. The number of nitrogens with one attached hydrogen (secondary N) is 1. The van der Waals surface area contributed by atoms with Crippen LogP contribution in [0.2, 0.25) is 0 Å². The summed E-state index contributed by atoms with van der Waals surface area (Å²) in [6.07, 6.45) is 2.54. The average molecular weight is 333 g/mol. The molecular formula is C14H11N3O3S2. The number of carbonyl (C=O) groups is 1. The van der Waals surface area contributed by atoms with Gasteiger partial charge in [-0.2, -0.15) is 5.26 Å². The van der Waals surface area contributed by atoms with E-state index in [4.69, 9.17) is 5.26 Å². The van der Waals surface area contributed by atoms with E-state index in [0.717, 1.165) is 11.1 Å². The summed E-state index contributed by atoms with van der Waals surface area (Å²) in [5, 5.41) is 11.3. The zero-order valence-electron chi connectivity index (χ0n) is 11.5. The maximum Gasteiger partial charge on any atom is 0.264 e. The van der Waals surface area contributed by atoms with E-state index in [1.165, 1.54) is 41.7 Å². The monoisotopic (exact) mass is 333 g/mol. The lowest BCUT2D eigenvalue weighted by atomic mass is 10.2. The SMILES string of the molecule is Cc1nc(/C=C/C(=O)NS(=O)(=O)c2ccc(C#N)cc2)cs1. The van der Waals surface area contributed by atoms with Crippen molar-refractivity contribution in [2.24, 2.45) is 0 Å². The highest BCUT2D eigenvalue weighted by Gasteiger charge is 2.16. The van der Waals surface area contributed by atoms with Crippen LogP contribution in [0.15, 0.2) is 40.6 Å². The van der Waals surface area contributed by atoms with Crippen LogP contribution in [0.3, 0.4) is 0 Å². The smallest absolute Gasteiger partial charge is 0.264 e. The topological polar surface area (TPSA) is 99.9 Å². The lowest BCUT2D eigenvalue weighted by Gasteiger charge is -2.04. The number of carbonyl (C=O) groups excluding carboxylic acids is 1. The lowest BCUT2D eigenvalue weighted by Crippen LogP contribution is -2.28. The fourth-order valence-corrected chi connectivity index (χ4v) is 3.08. The Morgan fingerprint density at radius 2 is 2.05 bits per heavy atom. The van der Waals surface area contributed by atoms with Crippen LogP contribution in [0, 0.1) is 18.3 Å². The Kier molecular flexibility index (Phi) is 4.70. The Morgan fingerprint density at radius 1 is 1.36 bits per heavy atom. The van der Waals surface area contributed by atoms with Crippen LogP contribution in [0.5, 0.6) is 0 Å². The molecule has 2 aromatic rings. The van der Waals surface area contributed by atoms with Gasteiger partial charge in [-0.3, -0.25) is 4.79 Å². The van der Waals surface area contributed by atoms with Crippen LogP contribution in [0.25, 0.3) is 6.08 Å². The minimum Gasteiger partial charge on any atom is -0.269 e. The normalized spacial score (nSPS) is 11.3. The molecule has 0 saturated heterocycles. The quantitative estimate of drug-likeness (QED) is 0.861. The highest BCUT2D eigenvalue weighted by Crippen LogP contribution is 2.11. The van der Waals surface area contributed by atoms with E-state index in [2.05, 4.69) is 4.98 Å². The Morgan fingerprint density at radius 3 is 2.59 bits per heavy atom. The zero-order chi connectivity index (χ0) is 16.2. The van der Waals surface area contributed by atoms with Gasteiger partial charge in [-0.25, -0.2) is 18.1 Å². The van der Waals surface area contributed by atoms with Crippen molar-refractivity contribution in [2.75, 3.05) is 0 Å². The zero-order valence-corrected chi connectivity index (χ0v) is 13.1. The van der Waals surface area contributed by atoms with Crippen molar-refractivity contribution >= 4 is 33.3 Å². The average Bonchev–Trinajstić information content (AvgIpc) is 2.90. The molecule has 0 unspecified atom stereocenters. The molecule has 22 heavy (non-hydrogen) atoms. The fraction of sp³-hybridized carbons (Fsp3) is 0.0714. The minimum absolute atomic E-state index is 0.0854.